The second kappa shape index (κ2) is 13.7. The molecule has 0 radical (unpaired) electrons. The largest absolute Gasteiger partial charge is 0.473 e. The van der Waals surface area contributed by atoms with Crippen LogP contribution in [0.25, 0.3) is 0 Å². The highest BCUT2D eigenvalue weighted by Gasteiger charge is 2.14. The van der Waals surface area contributed by atoms with E-state index < -0.39 is 11.9 Å². The van der Waals surface area contributed by atoms with E-state index in [4.69, 9.17) is 54.6 Å². The van der Waals surface area contributed by atoms with Gasteiger partial charge in [-0.05, 0) is 25.0 Å². The Bertz CT molecular complexity index is 776. The third kappa shape index (κ3) is 10.3. The second-order valence-electron chi connectivity index (χ2n) is 6.13. The first-order chi connectivity index (χ1) is 13.7. The average Bonchev–Trinajstić information content (AvgIpc) is 3.18. The number of carboxylic acids is 2. The molecule has 2 aromatic rings. The number of aliphatic carboxylic acids is 2. The van der Waals surface area contributed by atoms with Gasteiger partial charge in [0.25, 0.3) is 0 Å². The summed E-state index contributed by atoms with van der Waals surface area (Å²) >= 11 is 20.3. The number of aryl methyl sites for hydroxylation is 1. The minimum Gasteiger partial charge on any atom is -0.473 e. The molecule has 0 saturated heterocycles. The lowest BCUT2D eigenvalue weighted by Gasteiger charge is -2.18. The molecule has 0 fully saturated rings. The van der Waals surface area contributed by atoms with Crippen molar-refractivity contribution in [3.63, 3.8) is 0 Å². The van der Waals surface area contributed by atoms with Crippen LogP contribution in [0, 0.1) is 0 Å². The Morgan fingerprint density at radius 1 is 1.07 bits per heavy atom. The number of halogens is 3. The molecule has 0 aliphatic heterocycles. The predicted octanol–water partition coefficient (Wildman–Crippen LogP) is 6.13. The number of imidazole rings is 1. The molecular weight excluding hydrogens is 459 g/mol. The lowest BCUT2D eigenvalue weighted by Crippen LogP contribution is -2.09. The quantitative estimate of drug-likeness (QED) is 0.194. The first-order valence-electron chi connectivity index (χ1n) is 8.97. The monoisotopic (exact) mass is 480 g/mol. The SMILES string of the molecule is CCCCCC(CCn1ccnc1)Sc1cc(Cl)c(Cl)cc1Cl.O=C(O)C(=O)O. The van der Waals surface area contributed by atoms with E-state index in [0.717, 1.165) is 17.9 Å². The highest BCUT2D eigenvalue weighted by atomic mass is 35.5. The summed E-state index contributed by atoms with van der Waals surface area (Å²) in [5.41, 5.74) is 0. The van der Waals surface area contributed by atoms with E-state index in [9.17, 15) is 0 Å². The molecule has 10 heteroatoms. The molecule has 29 heavy (non-hydrogen) atoms. The molecule has 0 amide bonds. The molecule has 1 heterocycles. The van der Waals surface area contributed by atoms with Crippen molar-refractivity contribution in [2.24, 2.45) is 0 Å². The maximum atomic E-state index is 9.10. The van der Waals surface area contributed by atoms with Gasteiger partial charge in [-0.25, -0.2) is 14.6 Å². The number of nitrogens with zero attached hydrogens (tertiary/aromatic N) is 2. The Kier molecular flexibility index (Phi) is 12.1. The molecule has 2 N–H and O–H groups in total. The van der Waals surface area contributed by atoms with Crippen LogP contribution in [0.4, 0.5) is 0 Å². The number of benzene rings is 1. The lowest BCUT2D eigenvalue weighted by atomic mass is 10.1. The van der Waals surface area contributed by atoms with Crippen molar-refractivity contribution in [1.29, 1.82) is 0 Å². The third-order valence-electron chi connectivity index (χ3n) is 3.85. The van der Waals surface area contributed by atoms with Crippen LogP contribution in [0.1, 0.15) is 39.0 Å². The molecule has 0 aliphatic rings. The molecule has 6 nitrogen and oxygen atoms in total. The van der Waals surface area contributed by atoms with E-state index in [1.807, 2.05) is 24.8 Å². The molecule has 0 spiro atoms. The topological polar surface area (TPSA) is 92.4 Å². The molecule has 1 unspecified atom stereocenters. The highest BCUT2D eigenvalue weighted by molar-refractivity contribution is 8.00. The molecule has 1 aromatic carbocycles. The summed E-state index contributed by atoms with van der Waals surface area (Å²) in [6, 6.07) is 3.60. The fourth-order valence-electron chi connectivity index (χ4n) is 2.37. The molecular formula is C19H23Cl3N2O4S. The van der Waals surface area contributed by atoms with Crippen molar-refractivity contribution >= 4 is 58.5 Å². The molecule has 1 aromatic heterocycles. The smallest absolute Gasteiger partial charge is 0.414 e. The van der Waals surface area contributed by atoms with E-state index in [2.05, 4.69) is 16.5 Å². The number of hydrogen-bond acceptors (Lipinski definition) is 4. The zero-order chi connectivity index (χ0) is 21.8. The van der Waals surface area contributed by atoms with Crippen molar-refractivity contribution in [2.75, 3.05) is 0 Å². The standard InChI is InChI=1S/C17H21Cl3N2S.C2H2O4/c1-2-3-4-5-13(6-8-22-9-7-21-12-22)23-17-11-15(19)14(18)10-16(17)20;3-1(4)2(5)6/h7,9-13H,2-6,8H2,1H3;(H,3,4)(H,5,6). The first-order valence-corrected chi connectivity index (χ1v) is 11.0. The van der Waals surface area contributed by atoms with Crippen LogP contribution in [-0.2, 0) is 16.1 Å². The van der Waals surface area contributed by atoms with Gasteiger partial charge in [-0.1, -0.05) is 61.0 Å². The van der Waals surface area contributed by atoms with Gasteiger partial charge < -0.3 is 14.8 Å². The van der Waals surface area contributed by atoms with Crippen molar-refractivity contribution < 1.29 is 19.8 Å². The van der Waals surface area contributed by atoms with E-state index in [0.29, 0.717) is 20.3 Å². The van der Waals surface area contributed by atoms with Gasteiger partial charge >= 0.3 is 11.9 Å². The van der Waals surface area contributed by atoms with Crippen LogP contribution in [0.5, 0.6) is 0 Å². The molecule has 160 valence electrons. The van der Waals surface area contributed by atoms with Crippen LogP contribution in [-0.4, -0.2) is 37.0 Å². The Morgan fingerprint density at radius 2 is 1.72 bits per heavy atom. The zero-order valence-corrected chi connectivity index (χ0v) is 18.9. The summed E-state index contributed by atoms with van der Waals surface area (Å²) < 4.78 is 2.11. The molecule has 0 saturated carbocycles. The van der Waals surface area contributed by atoms with Gasteiger partial charge in [0.05, 0.1) is 21.4 Å². The number of aromatic nitrogens is 2. The first kappa shape index (κ1) is 25.6. The van der Waals surface area contributed by atoms with Gasteiger partial charge in [0, 0.05) is 29.1 Å². The van der Waals surface area contributed by atoms with Gasteiger partial charge in [-0.2, -0.15) is 0 Å². The summed E-state index contributed by atoms with van der Waals surface area (Å²) in [6.07, 6.45) is 11.6. The van der Waals surface area contributed by atoms with Gasteiger partial charge in [0.2, 0.25) is 0 Å². The van der Waals surface area contributed by atoms with Crippen LogP contribution in [0.2, 0.25) is 15.1 Å². The molecule has 2 rings (SSSR count). The number of unbranched alkanes of at least 4 members (excludes halogenated alkanes) is 2. The molecule has 0 aliphatic carbocycles. The van der Waals surface area contributed by atoms with Crippen molar-refractivity contribution in [3.8, 4) is 0 Å². The summed E-state index contributed by atoms with van der Waals surface area (Å²) in [5.74, 6) is -3.65. The fraction of sp³-hybridized carbons (Fsp3) is 0.421. The number of hydrogen-bond donors (Lipinski definition) is 2. The average molecular weight is 482 g/mol. The van der Waals surface area contributed by atoms with Gasteiger partial charge in [-0.15, -0.1) is 11.8 Å². The van der Waals surface area contributed by atoms with Crippen LogP contribution in [0.15, 0.2) is 35.7 Å². The molecule has 1 atom stereocenters. The highest BCUT2D eigenvalue weighted by Crippen LogP contribution is 2.38. The number of carboxylic acid groups (broad SMARTS) is 2. The predicted molar refractivity (Wildman–Crippen MR) is 117 cm³/mol. The summed E-state index contributed by atoms with van der Waals surface area (Å²) in [5, 5.41) is 17.0. The van der Waals surface area contributed by atoms with Gasteiger partial charge in [0.15, 0.2) is 0 Å². The van der Waals surface area contributed by atoms with E-state index in [-0.39, 0.29) is 0 Å². The van der Waals surface area contributed by atoms with Crippen LogP contribution >= 0.6 is 46.6 Å². The van der Waals surface area contributed by atoms with Gasteiger partial charge in [0.1, 0.15) is 0 Å². The normalized spacial score (nSPS) is 11.4. The van der Waals surface area contributed by atoms with E-state index >= 15 is 0 Å². The summed E-state index contributed by atoms with van der Waals surface area (Å²) in [4.78, 5) is 23.3. The van der Waals surface area contributed by atoms with Crippen LogP contribution < -0.4 is 0 Å². The van der Waals surface area contributed by atoms with Gasteiger partial charge in [-0.3, -0.25) is 0 Å². The number of thioether (sulfide) groups is 1. The zero-order valence-electron chi connectivity index (χ0n) is 15.9. The maximum Gasteiger partial charge on any atom is 0.414 e. The molecule has 0 bridgehead atoms. The Morgan fingerprint density at radius 3 is 2.28 bits per heavy atom. The summed E-state index contributed by atoms with van der Waals surface area (Å²) in [7, 11) is 0. The Balaban J connectivity index is 0.000000612. The number of rotatable bonds is 9. The van der Waals surface area contributed by atoms with E-state index in [1.165, 1.54) is 25.7 Å². The van der Waals surface area contributed by atoms with Crippen molar-refractivity contribution in [3.05, 3.63) is 45.9 Å². The van der Waals surface area contributed by atoms with Crippen LogP contribution in [0.3, 0.4) is 0 Å². The third-order valence-corrected chi connectivity index (χ3v) is 6.39. The lowest BCUT2D eigenvalue weighted by molar-refractivity contribution is -0.159. The minimum atomic E-state index is -1.82. The second-order valence-corrected chi connectivity index (χ2v) is 8.70. The summed E-state index contributed by atoms with van der Waals surface area (Å²) in [6.45, 7) is 3.19. The Hall–Kier alpha value is -1.41. The maximum absolute atomic E-state index is 9.10. The fourth-order valence-corrected chi connectivity index (χ4v) is 4.34. The van der Waals surface area contributed by atoms with Crippen molar-refractivity contribution in [2.45, 2.75) is 55.7 Å². The number of carbonyl (C=O) groups is 2. The van der Waals surface area contributed by atoms with Crippen molar-refractivity contribution in [1.82, 2.24) is 9.55 Å². The Labute approximate surface area is 189 Å². The minimum absolute atomic E-state index is 0.499. The van der Waals surface area contributed by atoms with E-state index in [1.54, 1.807) is 17.8 Å².